The van der Waals surface area contributed by atoms with Crippen molar-refractivity contribution in [2.45, 2.75) is 38.6 Å². The number of nitrogens with zero attached hydrogens (tertiary/aromatic N) is 1. The Bertz CT molecular complexity index is 482. The number of amides is 1. The number of benzene rings is 1. The molecule has 0 aromatic heterocycles. The van der Waals surface area contributed by atoms with Crippen molar-refractivity contribution in [3.05, 3.63) is 23.8 Å². The van der Waals surface area contributed by atoms with Crippen LogP contribution in [0.2, 0.25) is 0 Å². The third kappa shape index (κ3) is 2.59. The monoisotopic (exact) mass is 261 g/mol. The van der Waals surface area contributed by atoms with Crippen LogP contribution in [0.5, 0.6) is 0 Å². The van der Waals surface area contributed by atoms with Gasteiger partial charge in [0.15, 0.2) is 0 Å². The van der Waals surface area contributed by atoms with Crippen LogP contribution < -0.4 is 16.0 Å². The van der Waals surface area contributed by atoms with E-state index in [-0.39, 0.29) is 11.4 Å². The lowest BCUT2D eigenvalue weighted by molar-refractivity contribution is -0.120. The molecule has 0 radical (unpaired) electrons. The van der Waals surface area contributed by atoms with Crippen molar-refractivity contribution in [2.75, 3.05) is 23.8 Å². The second kappa shape index (κ2) is 5.21. The lowest BCUT2D eigenvalue weighted by atomic mass is 9.91. The lowest BCUT2D eigenvalue weighted by Gasteiger charge is -2.42. The van der Waals surface area contributed by atoms with Crippen LogP contribution in [0.3, 0.4) is 0 Å². The van der Waals surface area contributed by atoms with Crippen LogP contribution in [0, 0.1) is 0 Å². The summed E-state index contributed by atoms with van der Waals surface area (Å²) in [6.45, 7) is 4.75. The van der Waals surface area contributed by atoms with Crippen molar-refractivity contribution in [3.8, 4) is 0 Å². The Labute approximate surface area is 115 Å². The number of nitrogens with one attached hydrogen (secondary N) is 1. The number of aryl methyl sites for hydroxylation is 1. The summed E-state index contributed by atoms with van der Waals surface area (Å²) in [5, 5.41) is 3.14. The Hall–Kier alpha value is -1.55. The molecule has 0 saturated carbocycles. The van der Waals surface area contributed by atoms with Gasteiger partial charge in [-0.05, 0) is 57.0 Å². The van der Waals surface area contributed by atoms with Gasteiger partial charge >= 0.3 is 0 Å². The fraction of sp³-hybridized carbons (Fsp3) is 0.533. The molecule has 1 aliphatic heterocycles. The molecule has 104 valence electrons. The number of rotatable bonds is 4. The molecule has 0 spiro atoms. The molecule has 1 aromatic carbocycles. The number of carbonyl (C=O) groups excluding carboxylic acids is 1. The topological polar surface area (TPSA) is 58.4 Å². The number of fused-ring (bicyclic) bond motifs is 1. The van der Waals surface area contributed by atoms with E-state index in [1.54, 1.807) is 0 Å². The van der Waals surface area contributed by atoms with Crippen LogP contribution in [0.1, 0.15) is 32.3 Å². The number of hydrogen-bond acceptors (Lipinski definition) is 3. The van der Waals surface area contributed by atoms with Crippen molar-refractivity contribution in [3.63, 3.8) is 0 Å². The summed E-state index contributed by atoms with van der Waals surface area (Å²) in [6, 6.07) is 6.19. The summed E-state index contributed by atoms with van der Waals surface area (Å²) in [7, 11) is 1.91. The Morgan fingerprint density at radius 1 is 1.37 bits per heavy atom. The normalized spacial score (nSPS) is 15.4. The van der Waals surface area contributed by atoms with Gasteiger partial charge in [-0.25, -0.2) is 0 Å². The van der Waals surface area contributed by atoms with Crippen LogP contribution >= 0.6 is 0 Å². The predicted octanol–water partition coefficient (Wildman–Crippen LogP) is 2.13. The molecule has 0 atom stereocenters. The quantitative estimate of drug-likeness (QED) is 0.873. The van der Waals surface area contributed by atoms with Crippen LogP contribution in [0.4, 0.5) is 11.4 Å². The van der Waals surface area contributed by atoms with Gasteiger partial charge in [0.1, 0.15) is 0 Å². The predicted molar refractivity (Wildman–Crippen MR) is 79.5 cm³/mol. The number of anilines is 2. The summed E-state index contributed by atoms with van der Waals surface area (Å²) in [5.74, 6) is 0.197. The maximum absolute atomic E-state index is 12.3. The Morgan fingerprint density at radius 3 is 2.74 bits per heavy atom. The number of carbonyl (C=O) groups is 1. The smallest absolute Gasteiger partial charge is 0.227 e. The lowest BCUT2D eigenvalue weighted by Crippen LogP contribution is -2.51. The standard InChI is InChI=1S/C15H23N3O/c1-15(2,8-9-16)18-13-6-5-12(17-3)10-11(13)4-7-14(18)19/h5-6,10,17H,4,7-9,16H2,1-3H3. The summed E-state index contributed by atoms with van der Waals surface area (Å²) < 4.78 is 0. The molecule has 2 rings (SSSR count). The Morgan fingerprint density at radius 2 is 2.11 bits per heavy atom. The maximum Gasteiger partial charge on any atom is 0.227 e. The second-order valence-corrected chi connectivity index (χ2v) is 5.67. The van der Waals surface area contributed by atoms with E-state index in [9.17, 15) is 4.79 Å². The van der Waals surface area contributed by atoms with Crippen molar-refractivity contribution in [1.29, 1.82) is 0 Å². The molecule has 3 N–H and O–H groups in total. The third-order valence-corrected chi connectivity index (χ3v) is 3.83. The van der Waals surface area contributed by atoms with Crippen LogP contribution in [-0.4, -0.2) is 25.0 Å². The van der Waals surface area contributed by atoms with E-state index in [0.717, 1.165) is 24.2 Å². The average Bonchev–Trinajstić information content (AvgIpc) is 2.37. The van der Waals surface area contributed by atoms with E-state index in [1.807, 2.05) is 24.1 Å². The van der Waals surface area contributed by atoms with Crippen LogP contribution in [0.25, 0.3) is 0 Å². The van der Waals surface area contributed by atoms with Crippen molar-refractivity contribution < 1.29 is 4.79 Å². The van der Waals surface area contributed by atoms with Gasteiger partial charge in [0.05, 0.1) is 0 Å². The Kier molecular flexibility index (Phi) is 3.80. The maximum atomic E-state index is 12.3. The second-order valence-electron chi connectivity index (χ2n) is 5.67. The first-order chi connectivity index (χ1) is 8.99. The zero-order valence-electron chi connectivity index (χ0n) is 12.0. The Balaban J connectivity index is 2.43. The minimum absolute atomic E-state index is 0.197. The van der Waals surface area contributed by atoms with E-state index in [1.165, 1.54) is 5.56 Å². The number of hydrogen-bond donors (Lipinski definition) is 2. The average molecular weight is 261 g/mol. The summed E-state index contributed by atoms with van der Waals surface area (Å²) >= 11 is 0. The van der Waals surface area contributed by atoms with Gasteiger partial charge in [-0.2, -0.15) is 0 Å². The van der Waals surface area contributed by atoms with Gasteiger partial charge in [0.2, 0.25) is 5.91 Å². The molecular weight excluding hydrogens is 238 g/mol. The van der Waals surface area contributed by atoms with Crippen LogP contribution in [-0.2, 0) is 11.2 Å². The van der Waals surface area contributed by atoms with E-state index < -0.39 is 0 Å². The van der Waals surface area contributed by atoms with Crippen molar-refractivity contribution >= 4 is 17.3 Å². The first kappa shape index (κ1) is 13.9. The van der Waals surface area contributed by atoms with Gasteiger partial charge in [0.25, 0.3) is 0 Å². The van der Waals surface area contributed by atoms with E-state index in [0.29, 0.717) is 13.0 Å². The molecule has 19 heavy (non-hydrogen) atoms. The highest BCUT2D eigenvalue weighted by Gasteiger charge is 2.35. The molecule has 0 aliphatic carbocycles. The van der Waals surface area contributed by atoms with E-state index in [4.69, 9.17) is 5.73 Å². The van der Waals surface area contributed by atoms with E-state index >= 15 is 0 Å². The third-order valence-electron chi connectivity index (χ3n) is 3.83. The summed E-state index contributed by atoms with van der Waals surface area (Å²) in [4.78, 5) is 14.2. The highest BCUT2D eigenvalue weighted by atomic mass is 16.2. The minimum Gasteiger partial charge on any atom is -0.388 e. The first-order valence-corrected chi connectivity index (χ1v) is 6.83. The summed E-state index contributed by atoms with van der Waals surface area (Å²) in [6.07, 6.45) is 2.19. The zero-order valence-corrected chi connectivity index (χ0v) is 12.0. The fourth-order valence-corrected chi connectivity index (χ4v) is 2.78. The number of nitrogens with two attached hydrogens (primary N) is 1. The first-order valence-electron chi connectivity index (χ1n) is 6.83. The van der Waals surface area contributed by atoms with Crippen LogP contribution in [0.15, 0.2) is 18.2 Å². The molecule has 1 amide bonds. The zero-order chi connectivity index (χ0) is 14.0. The van der Waals surface area contributed by atoms with Crippen molar-refractivity contribution in [1.82, 2.24) is 0 Å². The van der Waals surface area contributed by atoms with Gasteiger partial charge in [-0.15, -0.1) is 0 Å². The molecule has 0 fully saturated rings. The summed E-state index contributed by atoms with van der Waals surface area (Å²) in [5.41, 5.74) is 8.81. The van der Waals surface area contributed by atoms with Crippen molar-refractivity contribution in [2.24, 2.45) is 5.73 Å². The molecule has 1 heterocycles. The molecule has 4 nitrogen and oxygen atoms in total. The SMILES string of the molecule is CNc1ccc2c(c1)CCC(=O)N2C(C)(C)CCN. The fourth-order valence-electron chi connectivity index (χ4n) is 2.78. The minimum atomic E-state index is -0.234. The van der Waals surface area contributed by atoms with Gasteiger partial charge in [-0.3, -0.25) is 4.79 Å². The highest BCUT2D eigenvalue weighted by molar-refractivity contribution is 5.98. The van der Waals surface area contributed by atoms with Gasteiger partial charge in [0, 0.05) is 30.4 Å². The molecule has 0 unspecified atom stereocenters. The van der Waals surface area contributed by atoms with E-state index in [2.05, 4.69) is 25.2 Å². The highest BCUT2D eigenvalue weighted by Crippen LogP contribution is 2.36. The largest absolute Gasteiger partial charge is 0.388 e. The van der Waals surface area contributed by atoms with Gasteiger partial charge < -0.3 is 16.0 Å². The van der Waals surface area contributed by atoms with Gasteiger partial charge in [-0.1, -0.05) is 0 Å². The molecule has 1 aromatic rings. The molecule has 0 saturated heterocycles. The molecule has 4 heteroatoms. The molecule has 1 aliphatic rings. The molecular formula is C15H23N3O. The molecule has 0 bridgehead atoms.